The van der Waals surface area contributed by atoms with E-state index in [0.29, 0.717) is 6.61 Å². The van der Waals surface area contributed by atoms with Gasteiger partial charge in [-0.2, -0.15) is 0 Å². The molecule has 3 aromatic rings. The Morgan fingerprint density at radius 2 is 1.66 bits per heavy atom. The van der Waals surface area contributed by atoms with Crippen molar-refractivity contribution in [2.75, 3.05) is 6.61 Å². The molecule has 1 aliphatic heterocycles. The summed E-state index contributed by atoms with van der Waals surface area (Å²) in [6.07, 6.45) is 0.435. The number of ether oxygens (including phenoxy) is 2. The molecule has 0 aliphatic carbocycles. The standard InChI is InChI=1S/C26H26NO3PS/c1-3-29-24(28)18-17-23-26(25-19(2)11-10-16-22(25)30-23)27-31(32,20-12-6-4-7-13-20)21-14-8-5-9-15-21/h4-18,23,26H,3H2,1-2H3,(H,27,32)/b18-17+/t23-,26+/m1/s1. The van der Waals surface area contributed by atoms with E-state index < -0.39 is 6.19 Å². The van der Waals surface area contributed by atoms with E-state index in [-0.39, 0.29) is 18.1 Å². The minimum absolute atomic E-state index is 0.205. The normalized spacial score (nSPS) is 17.7. The second-order valence-electron chi connectivity index (χ2n) is 7.57. The monoisotopic (exact) mass is 463 g/mol. The molecule has 3 aromatic carbocycles. The van der Waals surface area contributed by atoms with Gasteiger partial charge in [0.25, 0.3) is 0 Å². The molecule has 0 radical (unpaired) electrons. The quantitative estimate of drug-likeness (QED) is 0.317. The van der Waals surface area contributed by atoms with Gasteiger partial charge in [0.15, 0.2) is 0 Å². The Balaban J connectivity index is 1.78. The van der Waals surface area contributed by atoms with Gasteiger partial charge in [-0.05, 0) is 31.6 Å². The summed E-state index contributed by atoms with van der Waals surface area (Å²) in [5, 5.41) is 5.99. The lowest BCUT2D eigenvalue weighted by Gasteiger charge is -2.30. The van der Waals surface area contributed by atoms with Gasteiger partial charge in [0.1, 0.15) is 11.9 Å². The highest BCUT2D eigenvalue weighted by Gasteiger charge is 2.38. The van der Waals surface area contributed by atoms with Gasteiger partial charge >= 0.3 is 5.97 Å². The van der Waals surface area contributed by atoms with Gasteiger partial charge in [0.05, 0.1) is 18.8 Å². The van der Waals surface area contributed by atoms with Gasteiger partial charge in [-0.15, -0.1) is 0 Å². The van der Waals surface area contributed by atoms with E-state index in [9.17, 15) is 4.79 Å². The Hall–Kier alpha value is -2.72. The lowest BCUT2D eigenvalue weighted by molar-refractivity contribution is -0.137. The van der Waals surface area contributed by atoms with Crippen LogP contribution in [0.2, 0.25) is 0 Å². The minimum Gasteiger partial charge on any atom is -0.484 e. The maximum absolute atomic E-state index is 12.0. The predicted molar refractivity (Wildman–Crippen MR) is 134 cm³/mol. The van der Waals surface area contributed by atoms with E-state index >= 15 is 0 Å². The van der Waals surface area contributed by atoms with Gasteiger partial charge in [-0.25, -0.2) is 4.79 Å². The molecule has 1 heterocycles. The highest BCUT2D eigenvalue weighted by atomic mass is 32.4. The lowest BCUT2D eigenvalue weighted by atomic mass is 9.99. The van der Waals surface area contributed by atoms with Crippen LogP contribution < -0.4 is 20.4 Å². The second-order valence-corrected chi connectivity index (χ2v) is 11.7. The van der Waals surface area contributed by atoms with Crippen LogP contribution in [-0.2, 0) is 21.3 Å². The molecule has 2 atom stereocenters. The molecule has 4 rings (SSSR count). The van der Waals surface area contributed by atoms with Crippen LogP contribution in [0, 0.1) is 6.92 Å². The fourth-order valence-electron chi connectivity index (χ4n) is 3.96. The first kappa shape index (κ1) is 22.5. The third kappa shape index (κ3) is 4.56. The third-order valence-electron chi connectivity index (χ3n) is 5.46. The molecule has 0 spiro atoms. The van der Waals surface area contributed by atoms with Gasteiger partial charge in [-0.3, -0.25) is 5.09 Å². The van der Waals surface area contributed by atoms with Crippen molar-refractivity contribution < 1.29 is 14.3 Å². The van der Waals surface area contributed by atoms with Gasteiger partial charge in [0.2, 0.25) is 0 Å². The highest BCUT2D eigenvalue weighted by Crippen LogP contribution is 2.48. The summed E-state index contributed by atoms with van der Waals surface area (Å²) in [6.45, 7) is 4.19. The SMILES string of the molecule is CCOC(=O)/C=C/[C@H]1Oc2cccc(C)c2[C@H]1NP(=S)(c1ccccc1)c1ccccc1. The van der Waals surface area contributed by atoms with Crippen LogP contribution in [0.5, 0.6) is 5.75 Å². The summed E-state index contributed by atoms with van der Waals surface area (Å²) in [4.78, 5) is 12.0. The van der Waals surface area contributed by atoms with Crippen LogP contribution in [0.25, 0.3) is 0 Å². The maximum atomic E-state index is 12.0. The van der Waals surface area contributed by atoms with Crippen molar-refractivity contribution in [1.82, 2.24) is 5.09 Å². The highest BCUT2D eigenvalue weighted by molar-refractivity contribution is 8.20. The summed E-state index contributed by atoms with van der Waals surface area (Å²) in [5.41, 5.74) is 2.20. The molecule has 164 valence electrons. The zero-order valence-electron chi connectivity index (χ0n) is 18.1. The Morgan fingerprint density at radius 3 is 2.25 bits per heavy atom. The van der Waals surface area contributed by atoms with Crippen molar-refractivity contribution in [3.8, 4) is 5.75 Å². The smallest absolute Gasteiger partial charge is 0.330 e. The molecule has 0 aromatic heterocycles. The number of rotatable bonds is 7. The molecule has 1 aliphatic rings. The van der Waals surface area contributed by atoms with E-state index in [1.54, 1.807) is 13.0 Å². The van der Waals surface area contributed by atoms with Gasteiger partial charge in [-0.1, -0.05) is 84.6 Å². The predicted octanol–water partition coefficient (Wildman–Crippen LogP) is 4.55. The molecule has 6 heteroatoms. The van der Waals surface area contributed by atoms with Crippen molar-refractivity contribution in [1.29, 1.82) is 0 Å². The molecular formula is C26H26NO3PS. The van der Waals surface area contributed by atoms with Crippen molar-refractivity contribution >= 4 is 34.6 Å². The van der Waals surface area contributed by atoms with Gasteiger partial charge in [0, 0.05) is 22.2 Å². The van der Waals surface area contributed by atoms with Crippen molar-refractivity contribution in [2.45, 2.75) is 26.0 Å². The maximum Gasteiger partial charge on any atom is 0.330 e. The Kier molecular flexibility index (Phi) is 6.90. The Labute approximate surface area is 194 Å². The van der Waals surface area contributed by atoms with Crippen molar-refractivity contribution in [2.24, 2.45) is 0 Å². The van der Waals surface area contributed by atoms with E-state index in [1.165, 1.54) is 6.08 Å². The molecule has 0 amide bonds. The number of carbonyl (C=O) groups excluding carboxylic acids is 1. The number of esters is 1. The molecule has 0 fully saturated rings. The molecular weight excluding hydrogens is 437 g/mol. The molecule has 0 saturated heterocycles. The summed E-state index contributed by atoms with van der Waals surface area (Å²) < 4.78 is 11.3. The van der Waals surface area contributed by atoms with Crippen LogP contribution in [0.15, 0.2) is 91.0 Å². The molecule has 0 bridgehead atoms. The lowest BCUT2D eigenvalue weighted by Crippen LogP contribution is -2.35. The van der Waals surface area contributed by atoms with Crippen molar-refractivity contribution in [3.05, 3.63) is 102 Å². The Bertz CT molecular complexity index is 1120. The zero-order valence-corrected chi connectivity index (χ0v) is 19.8. The van der Waals surface area contributed by atoms with Crippen LogP contribution in [0.4, 0.5) is 0 Å². The fraction of sp³-hybridized carbons (Fsp3) is 0.192. The minimum atomic E-state index is -2.39. The summed E-state index contributed by atoms with van der Waals surface area (Å²) in [7, 11) is 0. The Morgan fingerprint density at radius 1 is 1.03 bits per heavy atom. The molecule has 0 unspecified atom stereocenters. The summed E-state index contributed by atoms with van der Waals surface area (Å²) in [5.74, 6) is 0.428. The van der Waals surface area contributed by atoms with Gasteiger partial charge < -0.3 is 9.47 Å². The number of benzene rings is 3. The molecule has 0 saturated carbocycles. The first-order valence-corrected chi connectivity index (χ1v) is 13.4. The summed E-state index contributed by atoms with van der Waals surface area (Å²) >= 11 is 6.40. The number of nitrogens with one attached hydrogen (secondary N) is 1. The average Bonchev–Trinajstić information content (AvgIpc) is 3.17. The molecule has 4 nitrogen and oxygen atoms in total. The van der Waals surface area contributed by atoms with Crippen LogP contribution in [0.3, 0.4) is 0 Å². The first-order valence-electron chi connectivity index (χ1n) is 10.6. The number of aryl methyl sites for hydroxylation is 1. The average molecular weight is 464 g/mol. The largest absolute Gasteiger partial charge is 0.484 e. The van der Waals surface area contributed by atoms with E-state index in [0.717, 1.165) is 27.5 Å². The van der Waals surface area contributed by atoms with E-state index in [1.807, 2.05) is 48.5 Å². The first-order chi connectivity index (χ1) is 15.5. The topological polar surface area (TPSA) is 47.6 Å². The fourth-order valence-corrected chi connectivity index (χ4v) is 7.48. The number of hydrogen-bond acceptors (Lipinski definition) is 4. The van der Waals surface area contributed by atoms with Crippen LogP contribution in [-0.4, -0.2) is 18.7 Å². The van der Waals surface area contributed by atoms with Crippen LogP contribution >= 0.6 is 6.19 Å². The number of carbonyl (C=O) groups is 1. The van der Waals surface area contributed by atoms with E-state index in [4.69, 9.17) is 21.3 Å². The second kappa shape index (κ2) is 9.83. The number of hydrogen-bond donors (Lipinski definition) is 1. The molecule has 1 N–H and O–H groups in total. The number of fused-ring (bicyclic) bond motifs is 1. The van der Waals surface area contributed by atoms with Crippen molar-refractivity contribution in [3.63, 3.8) is 0 Å². The van der Waals surface area contributed by atoms with E-state index in [2.05, 4.69) is 42.3 Å². The zero-order chi connectivity index (χ0) is 22.6. The molecule has 32 heavy (non-hydrogen) atoms. The van der Waals surface area contributed by atoms with Crippen LogP contribution in [0.1, 0.15) is 24.1 Å². The summed E-state index contributed by atoms with van der Waals surface area (Å²) in [6, 6.07) is 26.2. The third-order valence-corrected chi connectivity index (χ3v) is 9.73.